The van der Waals surface area contributed by atoms with Crippen molar-refractivity contribution in [3.8, 4) is 5.75 Å². The number of benzene rings is 3. The van der Waals surface area contributed by atoms with E-state index >= 15 is 0 Å². The molecule has 29 heavy (non-hydrogen) atoms. The van der Waals surface area contributed by atoms with E-state index in [-0.39, 0.29) is 12.0 Å². The molecule has 3 aromatic rings. The maximum absolute atomic E-state index is 11.7. The average Bonchev–Trinajstić information content (AvgIpc) is 2.74. The summed E-state index contributed by atoms with van der Waals surface area (Å²) in [5, 5.41) is 12.6. The molecular formula is C24H24ClNO3. The fourth-order valence-corrected chi connectivity index (χ4v) is 4.59. The second kappa shape index (κ2) is 8.44. The van der Waals surface area contributed by atoms with Gasteiger partial charge in [-0.2, -0.15) is 0 Å². The molecule has 1 aliphatic heterocycles. The van der Waals surface area contributed by atoms with E-state index in [1.54, 1.807) is 7.11 Å². The van der Waals surface area contributed by atoms with Gasteiger partial charge in [-0.05, 0) is 53.9 Å². The van der Waals surface area contributed by atoms with Crippen LogP contribution in [-0.4, -0.2) is 36.2 Å². The first-order valence-corrected chi connectivity index (χ1v) is 10.2. The molecule has 1 heterocycles. The molecule has 3 aromatic carbocycles. The lowest BCUT2D eigenvalue weighted by molar-refractivity contribution is -0.143. The lowest BCUT2D eigenvalue weighted by Crippen LogP contribution is -2.41. The van der Waals surface area contributed by atoms with E-state index in [9.17, 15) is 9.90 Å². The third-order valence-corrected chi connectivity index (χ3v) is 6.01. The number of nitrogens with zero attached hydrogens (tertiary/aromatic N) is 1. The van der Waals surface area contributed by atoms with Crippen LogP contribution >= 0.6 is 11.6 Å². The molecule has 2 unspecified atom stereocenters. The van der Waals surface area contributed by atoms with Crippen molar-refractivity contribution in [3.63, 3.8) is 0 Å². The molecule has 4 rings (SSSR count). The highest BCUT2D eigenvalue weighted by atomic mass is 35.5. The minimum Gasteiger partial charge on any atom is -0.496 e. The second-order valence-electron chi connectivity index (χ2n) is 7.53. The summed E-state index contributed by atoms with van der Waals surface area (Å²) in [6.07, 6.45) is 1.56. The number of ether oxygens (including phenoxy) is 1. The zero-order chi connectivity index (χ0) is 20.4. The molecular weight excluding hydrogens is 386 g/mol. The lowest BCUT2D eigenvalue weighted by atomic mass is 9.88. The molecule has 1 saturated heterocycles. The van der Waals surface area contributed by atoms with Gasteiger partial charge in [-0.15, -0.1) is 0 Å². The van der Waals surface area contributed by atoms with E-state index in [1.807, 2.05) is 30.3 Å². The minimum absolute atomic E-state index is 0.142. The van der Waals surface area contributed by atoms with Crippen LogP contribution in [0.3, 0.4) is 0 Å². The van der Waals surface area contributed by atoms with Crippen molar-refractivity contribution in [1.82, 2.24) is 4.90 Å². The standard InChI is InChI=1S/C24H24ClNO3/c1-29-22-12-11-18(25)14-21(22)23(26-13-5-8-17(15-26)24(27)28)20-10-4-7-16-6-2-3-9-19(16)20/h2-4,6-7,9-12,14,17,23H,5,8,13,15H2,1H3,(H,27,28). The van der Waals surface area contributed by atoms with Crippen molar-refractivity contribution in [2.24, 2.45) is 5.92 Å². The van der Waals surface area contributed by atoms with Crippen LogP contribution in [0.4, 0.5) is 0 Å². The van der Waals surface area contributed by atoms with Gasteiger partial charge < -0.3 is 9.84 Å². The molecule has 0 aromatic heterocycles. The number of likely N-dealkylation sites (tertiary alicyclic amines) is 1. The molecule has 150 valence electrons. The number of fused-ring (bicyclic) bond motifs is 1. The number of carboxylic acids is 1. The zero-order valence-electron chi connectivity index (χ0n) is 16.3. The molecule has 1 N–H and O–H groups in total. The number of aliphatic carboxylic acids is 1. The molecule has 0 radical (unpaired) electrons. The quantitative estimate of drug-likeness (QED) is 0.614. The summed E-state index contributed by atoms with van der Waals surface area (Å²) in [6.45, 7) is 1.33. The van der Waals surface area contributed by atoms with Crippen LogP contribution in [-0.2, 0) is 4.79 Å². The van der Waals surface area contributed by atoms with Gasteiger partial charge in [0.05, 0.1) is 19.1 Å². The maximum atomic E-state index is 11.7. The van der Waals surface area contributed by atoms with Crippen LogP contribution in [0, 0.1) is 5.92 Å². The monoisotopic (exact) mass is 409 g/mol. The fraction of sp³-hybridized carbons (Fsp3) is 0.292. The molecule has 0 bridgehead atoms. The molecule has 1 aliphatic rings. The Bertz CT molecular complexity index is 1030. The Morgan fingerprint density at radius 3 is 2.72 bits per heavy atom. The summed E-state index contributed by atoms with van der Waals surface area (Å²) in [7, 11) is 1.66. The third-order valence-electron chi connectivity index (χ3n) is 5.77. The largest absolute Gasteiger partial charge is 0.496 e. The maximum Gasteiger partial charge on any atom is 0.307 e. The van der Waals surface area contributed by atoms with Gasteiger partial charge in [0.2, 0.25) is 0 Å². The number of piperidine rings is 1. The topological polar surface area (TPSA) is 49.8 Å². The van der Waals surface area contributed by atoms with Gasteiger partial charge in [0.15, 0.2) is 0 Å². The highest BCUT2D eigenvalue weighted by molar-refractivity contribution is 6.30. The number of carbonyl (C=O) groups is 1. The Balaban J connectivity index is 1.90. The van der Waals surface area contributed by atoms with Crippen LogP contribution < -0.4 is 4.74 Å². The van der Waals surface area contributed by atoms with E-state index in [4.69, 9.17) is 16.3 Å². The van der Waals surface area contributed by atoms with Crippen LogP contribution in [0.15, 0.2) is 60.7 Å². The van der Waals surface area contributed by atoms with E-state index in [0.29, 0.717) is 18.0 Å². The predicted octanol–water partition coefficient (Wildman–Crippen LogP) is 5.39. The Morgan fingerprint density at radius 2 is 1.93 bits per heavy atom. The number of hydrogen-bond donors (Lipinski definition) is 1. The zero-order valence-corrected chi connectivity index (χ0v) is 17.1. The van der Waals surface area contributed by atoms with Crippen molar-refractivity contribution in [3.05, 3.63) is 76.8 Å². The number of halogens is 1. The van der Waals surface area contributed by atoms with Crippen molar-refractivity contribution in [2.75, 3.05) is 20.2 Å². The first kappa shape index (κ1) is 19.7. The number of methoxy groups -OCH3 is 1. The minimum atomic E-state index is -0.732. The predicted molar refractivity (Wildman–Crippen MR) is 116 cm³/mol. The number of rotatable bonds is 5. The average molecular weight is 410 g/mol. The molecule has 0 spiro atoms. The van der Waals surface area contributed by atoms with Gasteiger partial charge in [0, 0.05) is 17.1 Å². The van der Waals surface area contributed by atoms with Crippen molar-refractivity contribution in [1.29, 1.82) is 0 Å². The number of hydrogen-bond acceptors (Lipinski definition) is 3. The first-order chi connectivity index (χ1) is 14.1. The fourth-order valence-electron chi connectivity index (χ4n) is 4.41. The van der Waals surface area contributed by atoms with Gasteiger partial charge in [-0.1, -0.05) is 54.1 Å². The Kier molecular flexibility index (Phi) is 5.74. The van der Waals surface area contributed by atoms with Crippen LogP contribution in [0.1, 0.15) is 30.0 Å². The van der Waals surface area contributed by atoms with E-state index in [1.165, 1.54) is 0 Å². The molecule has 5 heteroatoms. The van der Waals surface area contributed by atoms with E-state index in [0.717, 1.165) is 40.6 Å². The summed E-state index contributed by atoms with van der Waals surface area (Å²) in [5.74, 6) is -0.347. The van der Waals surface area contributed by atoms with Crippen LogP contribution in [0.25, 0.3) is 10.8 Å². The van der Waals surface area contributed by atoms with Gasteiger partial charge >= 0.3 is 5.97 Å². The Hall–Kier alpha value is -2.56. The Morgan fingerprint density at radius 1 is 1.14 bits per heavy atom. The molecule has 0 saturated carbocycles. The van der Waals surface area contributed by atoms with Gasteiger partial charge in [0.1, 0.15) is 5.75 Å². The van der Waals surface area contributed by atoms with Crippen molar-refractivity contribution < 1.29 is 14.6 Å². The molecule has 0 amide bonds. The van der Waals surface area contributed by atoms with E-state index < -0.39 is 5.97 Å². The molecule has 0 aliphatic carbocycles. The second-order valence-corrected chi connectivity index (χ2v) is 7.97. The van der Waals surface area contributed by atoms with E-state index in [2.05, 4.69) is 35.2 Å². The molecule has 2 atom stereocenters. The van der Waals surface area contributed by atoms with Gasteiger partial charge in [-0.25, -0.2) is 0 Å². The first-order valence-electron chi connectivity index (χ1n) is 9.86. The van der Waals surface area contributed by atoms with Gasteiger partial charge in [-0.3, -0.25) is 9.69 Å². The third kappa shape index (κ3) is 3.96. The lowest BCUT2D eigenvalue weighted by Gasteiger charge is -2.38. The highest BCUT2D eigenvalue weighted by Gasteiger charge is 2.33. The summed E-state index contributed by atoms with van der Waals surface area (Å²) in [4.78, 5) is 14.0. The van der Waals surface area contributed by atoms with Crippen molar-refractivity contribution >= 4 is 28.3 Å². The summed E-state index contributed by atoms with van der Waals surface area (Å²) < 4.78 is 5.68. The van der Waals surface area contributed by atoms with Gasteiger partial charge in [0.25, 0.3) is 0 Å². The van der Waals surface area contributed by atoms with Crippen LogP contribution in [0.5, 0.6) is 5.75 Å². The summed E-state index contributed by atoms with van der Waals surface area (Å²) in [5.41, 5.74) is 2.09. The molecule has 4 nitrogen and oxygen atoms in total. The van der Waals surface area contributed by atoms with Crippen LogP contribution in [0.2, 0.25) is 5.02 Å². The smallest absolute Gasteiger partial charge is 0.307 e. The normalized spacial score (nSPS) is 18.5. The summed E-state index contributed by atoms with van der Waals surface area (Å²) >= 11 is 6.37. The van der Waals surface area contributed by atoms with Crippen molar-refractivity contribution in [2.45, 2.75) is 18.9 Å². The SMILES string of the molecule is COc1ccc(Cl)cc1C(c1cccc2ccccc12)N1CCCC(C(=O)O)C1. The molecule has 1 fully saturated rings. The summed E-state index contributed by atoms with van der Waals surface area (Å²) in [6, 6.07) is 20.1. The Labute approximate surface area is 175 Å². The highest BCUT2D eigenvalue weighted by Crippen LogP contribution is 2.40. The number of carboxylic acid groups (broad SMARTS) is 1.